The van der Waals surface area contributed by atoms with E-state index >= 15 is 0 Å². The first-order valence-corrected chi connectivity index (χ1v) is 29.5. The lowest BCUT2D eigenvalue weighted by atomic mass is 9.77. The number of hydrogen-bond acceptors (Lipinski definition) is 9. The van der Waals surface area contributed by atoms with E-state index in [4.69, 9.17) is 40.0 Å². The average Bonchev–Trinajstić information content (AvgIpc) is 3.55. The van der Waals surface area contributed by atoms with Crippen molar-refractivity contribution in [2.24, 2.45) is 0 Å². The molecule has 8 rings (SSSR count). The molecule has 2 aliphatic heterocycles. The van der Waals surface area contributed by atoms with E-state index < -0.39 is 46.9 Å². The molecule has 0 aliphatic carbocycles. The van der Waals surface area contributed by atoms with Gasteiger partial charge in [-0.15, -0.1) is 0 Å². The Morgan fingerprint density at radius 2 is 0.693 bits per heavy atom. The van der Waals surface area contributed by atoms with Crippen molar-refractivity contribution in [2.75, 3.05) is 6.61 Å². The van der Waals surface area contributed by atoms with Crippen LogP contribution in [0.5, 0.6) is 0 Å². The molecule has 2 saturated heterocycles. The molecule has 0 radical (unpaired) electrons. The van der Waals surface area contributed by atoms with Gasteiger partial charge in [-0.25, -0.2) is 0 Å². The summed E-state index contributed by atoms with van der Waals surface area (Å²) >= 11 is 0. The molecule has 2 fully saturated rings. The van der Waals surface area contributed by atoms with E-state index in [1.807, 2.05) is 13.8 Å². The topological polar surface area (TPSA) is 98.7 Å². The molecule has 9 nitrogen and oxygen atoms in total. The maximum absolute atomic E-state index is 7.33. The smallest absolute Gasteiger partial charge is 0.387 e. The minimum Gasteiger partial charge on any atom is -0.399 e. The van der Waals surface area contributed by atoms with Gasteiger partial charge in [-0.05, 0) is 104 Å². The number of fused-ring (bicyclic) bond motifs is 7. The summed E-state index contributed by atoms with van der Waals surface area (Å²) in [5.41, 5.74) is 10.6. The molecule has 0 saturated carbocycles. The summed E-state index contributed by atoms with van der Waals surface area (Å²) in [4.78, 5) is 0. The summed E-state index contributed by atoms with van der Waals surface area (Å²) in [5.74, 6) is -0.929. The Morgan fingerprint density at radius 3 is 0.973 bits per heavy atom. The molecule has 2 aromatic heterocycles. The Bertz CT molecular complexity index is 3050. The molecule has 6 aromatic rings. The molecule has 0 N–H and O–H groups in total. The van der Waals surface area contributed by atoms with Gasteiger partial charge in [0.05, 0.1) is 6.61 Å². The molecule has 0 unspecified atom stereocenters. The Labute approximate surface area is 451 Å². The van der Waals surface area contributed by atoms with E-state index in [0.29, 0.717) is 0 Å². The van der Waals surface area contributed by atoms with Crippen molar-refractivity contribution in [3.8, 4) is 0 Å². The zero-order chi connectivity index (χ0) is 55.9. The monoisotopic (exact) mass is 1070 g/mol. The van der Waals surface area contributed by atoms with Crippen molar-refractivity contribution in [3.63, 3.8) is 0 Å². The van der Waals surface area contributed by atoms with Crippen molar-refractivity contribution < 1.29 is 40.0 Å². The minimum atomic E-state index is -2.15. The standard InChI is InChI=1S/C64H92O9P2/c1-56(2,3)36-27-40-41-28-37(57(4,5)6)32-45(61(16,17)18)50(41)70-74(69-49(40)44(31-36)60(13,14)15)65-35-48-53(54-55(66-48)68-64(25,26)67-54)73-75-71-51-42(29-38(58(7,8)9)33-46(51)62(19,20)21)43-30-39(59(10,11)12)34-47(52(43)72-75)63(22,23)24/h27-34,48,53-55H,35H2,1-26H3/t48-,53-,54-,55-/m1/s1. The minimum absolute atomic E-state index is 0.0394. The van der Waals surface area contributed by atoms with E-state index in [0.717, 1.165) is 66.1 Å². The van der Waals surface area contributed by atoms with Gasteiger partial charge in [0.2, 0.25) is 0 Å². The average molecular weight is 1070 g/mol. The van der Waals surface area contributed by atoms with E-state index in [1.54, 1.807) is 0 Å². The first-order valence-electron chi connectivity index (χ1n) is 27.3. The summed E-state index contributed by atoms with van der Waals surface area (Å²) in [6.07, 6.45) is -2.81. The summed E-state index contributed by atoms with van der Waals surface area (Å²) in [6, 6.07) is 18.5. The largest absolute Gasteiger partial charge is 0.399 e. The third-order valence-corrected chi connectivity index (χ3v) is 17.0. The van der Waals surface area contributed by atoms with Crippen LogP contribution in [0, 0.1) is 0 Å². The van der Waals surface area contributed by atoms with Crippen LogP contribution in [0.1, 0.15) is 225 Å². The maximum atomic E-state index is 7.33. The van der Waals surface area contributed by atoms with E-state index in [9.17, 15) is 0 Å². The van der Waals surface area contributed by atoms with Crippen LogP contribution in [0.2, 0.25) is 0 Å². The third kappa shape index (κ3) is 11.8. The highest BCUT2D eigenvalue weighted by atomic mass is 31.1. The van der Waals surface area contributed by atoms with Gasteiger partial charge in [0.1, 0.15) is 40.6 Å². The zero-order valence-corrected chi connectivity index (χ0v) is 52.5. The molecular formula is C64H92O9P2. The lowest BCUT2D eigenvalue weighted by Gasteiger charge is -2.27. The van der Waals surface area contributed by atoms with Crippen molar-refractivity contribution in [1.29, 1.82) is 0 Å². The Kier molecular flexibility index (Phi) is 14.5. The number of hydrogen-bond donors (Lipinski definition) is 0. The third-order valence-electron chi connectivity index (χ3n) is 14.9. The van der Waals surface area contributed by atoms with Crippen LogP contribution in [0.4, 0.5) is 0 Å². The first kappa shape index (κ1) is 57.6. The van der Waals surface area contributed by atoms with Gasteiger partial charge < -0.3 is 31.0 Å². The van der Waals surface area contributed by atoms with Gasteiger partial charge in [-0.3, -0.25) is 9.05 Å². The molecule has 412 valence electrons. The molecule has 2 aliphatic rings. The number of ether oxygens (including phenoxy) is 3. The molecular weight excluding hydrogens is 975 g/mol. The van der Waals surface area contributed by atoms with Crippen LogP contribution in [0.3, 0.4) is 0 Å². The number of rotatable bonds is 5. The highest BCUT2D eigenvalue weighted by molar-refractivity contribution is 7.32. The lowest BCUT2D eigenvalue weighted by molar-refractivity contribution is -0.213. The van der Waals surface area contributed by atoms with Crippen LogP contribution >= 0.6 is 16.5 Å². The first-order chi connectivity index (χ1) is 33.9. The van der Waals surface area contributed by atoms with E-state index in [1.165, 1.54) is 22.3 Å². The Balaban J connectivity index is 1.36. The van der Waals surface area contributed by atoms with Crippen LogP contribution in [-0.4, -0.2) is 37.0 Å². The fraction of sp³-hybridized carbons (Fsp3) is 0.625. The predicted molar refractivity (Wildman–Crippen MR) is 313 cm³/mol. The van der Waals surface area contributed by atoms with Gasteiger partial charge in [0, 0.05) is 43.8 Å². The fourth-order valence-electron chi connectivity index (χ4n) is 10.1. The van der Waals surface area contributed by atoms with E-state index in [-0.39, 0.29) is 49.9 Å². The summed E-state index contributed by atoms with van der Waals surface area (Å²) in [6.45, 7) is 58.0. The maximum Gasteiger partial charge on any atom is 0.387 e. The van der Waals surface area contributed by atoms with Crippen molar-refractivity contribution in [1.82, 2.24) is 0 Å². The van der Waals surface area contributed by atoms with Crippen LogP contribution in [0.25, 0.3) is 43.9 Å². The van der Waals surface area contributed by atoms with Gasteiger partial charge in [-0.1, -0.05) is 190 Å². The summed E-state index contributed by atoms with van der Waals surface area (Å²) in [7, 11) is -4.22. The molecule has 0 amide bonds. The second kappa shape index (κ2) is 18.8. The molecule has 0 bridgehead atoms. The van der Waals surface area contributed by atoms with E-state index in [2.05, 4.69) is 215 Å². The molecule has 75 heavy (non-hydrogen) atoms. The van der Waals surface area contributed by atoms with Gasteiger partial charge >= 0.3 is 16.5 Å². The molecule has 4 aromatic carbocycles. The van der Waals surface area contributed by atoms with Crippen molar-refractivity contribution in [3.05, 3.63) is 93.0 Å². The normalized spacial score (nSPS) is 20.2. The number of benzene rings is 4. The van der Waals surface area contributed by atoms with Gasteiger partial charge in [0.15, 0.2) is 12.1 Å². The zero-order valence-electron chi connectivity index (χ0n) is 50.7. The van der Waals surface area contributed by atoms with Gasteiger partial charge in [-0.2, -0.15) is 0 Å². The highest BCUT2D eigenvalue weighted by Gasteiger charge is 2.56. The fourth-order valence-corrected chi connectivity index (χ4v) is 12.5. The molecule has 4 atom stereocenters. The highest BCUT2D eigenvalue weighted by Crippen LogP contribution is 2.50. The summed E-state index contributed by atoms with van der Waals surface area (Å²) < 4.78 is 63.3. The lowest BCUT2D eigenvalue weighted by Crippen LogP contribution is -2.41. The molecule has 4 heterocycles. The van der Waals surface area contributed by atoms with Crippen LogP contribution in [0.15, 0.2) is 65.3 Å². The second-order valence-electron chi connectivity index (χ2n) is 30.4. The SMILES string of the molecule is CC1(C)O[C@H]2O[C@H](COp3oc4c(C(C)(C)C)cc(C(C)(C)C)cc4c4cc(C(C)(C)C)cc(C(C)(C)C)c4o3)[C@@H](Op3oc4c(C(C)(C)C)cc(C(C)(C)C)cc4c4cc(C(C)(C)C)cc(C(C)(C)C)c4o3)[C@H]2O1. The quantitative estimate of drug-likeness (QED) is 0.167. The van der Waals surface area contributed by atoms with Gasteiger partial charge in [0.25, 0.3) is 0 Å². The molecule has 0 spiro atoms. The van der Waals surface area contributed by atoms with Crippen LogP contribution < -0.4 is 9.05 Å². The van der Waals surface area contributed by atoms with Crippen molar-refractivity contribution >= 4 is 60.4 Å². The van der Waals surface area contributed by atoms with Crippen LogP contribution in [-0.2, 0) is 57.5 Å². The Morgan fingerprint density at radius 1 is 0.400 bits per heavy atom. The second-order valence-corrected chi connectivity index (χ2v) is 32.5. The summed E-state index contributed by atoms with van der Waals surface area (Å²) in [5, 5.41) is 4.00. The molecule has 11 heteroatoms. The van der Waals surface area contributed by atoms with Crippen molar-refractivity contribution in [2.45, 2.75) is 254 Å². The predicted octanol–water partition coefficient (Wildman–Crippen LogP) is 19.1. The Hall–Kier alpha value is -3.52.